The van der Waals surface area contributed by atoms with Gasteiger partial charge in [0.15, 0.2) is 0 Å². The maximum Gasteiger partial charge on any atom is 0.460 e. The summed E-state index contributed by atoms with van der Waals surface area (Å²) in [5, 5.41) is 1.62. The molecule has 52 heavy (non-hydrogen) atoms. The van der Waals surface area contributed by atoms with Crippen LogP contribution in [0.4, 0.5) is 114 Å². The molecule has 0 fully saturated rings. The van der Waals surface area contributed by atoms with Crippen molar-refractivity contribution in [2.24, 2.45) is 0 Å². The van der Waals surface area contributed by atoms with E-state index < -0.39 is 118 Å². The van der Waals surface area contributed by atoms with Crippen LogP contribution in [0, 0.1) is 0 Å². The number of hydrogen-bond donors (Lipinski definition) is 0. The Kier molecular flexibility index (Phi) is 11.5. The maximum atomic E-state index is 14.3. The summed E-state index contributed by atoms with van der Waals surface area (Å²) in [7, 11) is 0. The van der Waals surface area contributed by atoms with Crippen molar-refractivity contribution in [2.45, 2.75) is 97.3 Å². The van der Waals surface area contributed by atoms with Gasteiger partial charge in [0, 0.05) is 22.6 Å². The molecular formula is C24H12F26S2. The lowest BCUT2D eigenvalue weighted by Gasteiger charge is -2.39. The van der Waals surface area contributed by atoms with Gasteiger partial charge in [0.25, 0.3) is 0 Å². The van der Waals surface area contributed by atoms with Crippen LogP contribution in [0.1, 0.15) is 24.0 Å². The molecule has 0 aromatic carbocycles. The molecule has 0 saturated carbocycles. The minimum Gasteiger partial charge on any atom is -0.200 e. The monoisotopic (exact) mass is 858 g/mol. The summed E-state index contributed by atoms with van der Waals surface area (Å²) < 4.78 is 348. The third-order valence-electron chi connectivity index (χ3n) is 7.11. The quantitative estimate of drug-likeness (QED) is 0.157. The van der Waals surface area contributed by atoms with Crippen LogP contribution in [0.5, 0.6) is 0 Å². The lowest BCUT2D eigenvalue weighted by Crippen LogP contribution is -2.70. The van der Waals surface area contributed by atoms with Crippen molar-refractivity contribution in [3.8, 4) is 9.75 Å². The molecule has 0 aliphatic carbocycles. The Hall–Kier alpha value is -2.42. The highest BCUT2D eigenvalue weighted by Gasteiger charge is 2.92. The van der Waals surface area contributed by atoms with Gasteiger partial charge in [0.2, 0.25) is 0 Å². The molecule has 2 aromatic heterocycles. The number of halogens is 26. The topological polar surface area (TPSA) is 0 Å². The molecular weight excluding hydrogens is 846 g/mol. The van der Waals surface area contributed by atoms with Gasteiger partial charge in [-0.2, -0.15) is 114 Å². The Bertz CT molecular complexity index is 1420. The van der Waals surface area contributed by atoms with Gasteiger partial charge in [-0.1, -0.05) is 0 Å². The third kappa shape index (κ3) is 6.76. The molecule has 0 aliphatic rings. The second-order valence-electron chi connectivity index (χ2n) is 10.5. The first-order valence-electron chi connectivity index (χ1n) is 12.7. The van der Waals surface area contributed by atoms with Crippen LogP contribution in [0.2, 0.25) is 0 Å². The summed E-state index contributed by atoms with van der Waals surface area (Å²) in [6.45, 7) is 0. The molecule has 0 amide bonds. The van der Waals surface area contributed by atoms with Gasteiger partial charge in [-0.3, -0.25) is 0 Å². The van der Waals surface area contributed by atoms with Crippen molar-refractivity contribution in [1.29, 1.82) is 0 Å². The van der Waals surface area contributed by atoms with Crippen molar-refractivity contribution in [3.05, 3.63) is 34.0 Å². The van der Waals surface area contributed by atoms with E-state index in [4.69, 9.17) is 0 Å². The van der Waals surface area contributed by atoms with Crippen LogP contribution in [0.15, 0.2) is 22.9 Å². The first-order chi connectivity index (χ1) is 22.7. The van der Waals surface area contributed by atoms with E-state index in [1.54, 1.807) is 0 Å². The molecule has 0 N–H and O–H groups in total. The van der Waals surface area contributed by atoms with Crippen LogP contribution in [-0.2, 0) is 12.8 Å². The van der Waals surface area contributed by atoms with Crippen molar-refractivity contribution >= 4 is 22.7 Å². The lowest BCUT2D eigenvalue weighted by atomic mass is 9.90. The molecule has 0 atom stereocenters. The summed E-state index contributed by atoms with van der Waals surface area (Å²) in [6.07, 6.45) is -24.3. The smallest absolute Gasteiger partial charge is 0.200 e. The van der Waals surface area contributed by atoms with Gasteiger partial charge in [0.05, 0.1) is 0 Å². The molecule has 0 spiro atoms. The zero-order valence-electron chi connectivity index (χ0n) is 23.8. The Morgan fingerprint density at radius 2 is 0.558 bits per heavy atom. The number of alkyl halides is 26. The number of aryl methyl sites for hydroxylation is 2. The highest BCUT2D eigenvalue weighted by molar-refractivity contribution is 7.20. The van der Waals surface area contributed by atoms with Crippen LogP contribution in [0.3, 0.4) is 0 Å². The van der Waals surface area contributed by atoms with Crippen LogP contribution >= 0.6 is 22.7 Å². The molecule has 0 nitrogen and oxygen atoms in total. The molecule has 0 bridgehead atoms. The van der Waals surface area contributed by atoms with E-state index in [1.165, 1.54) is 0 Å². The van der Waals surface area contributed by atoms with Gasteiger partial charge < -0.3 is 0 Å². The zero-order chi connectivity index (χ0) is 41.4. The van der Waals surface area contributed by atoms with Gasteiger partial charge in [0.1, 0.15) is 0 Å². The molecule has 2 rings (SSSR count). The van der Waals surface area contributed by atoms with E-state index in [2.05, 4.69) is 0 Å². The van der Waals surface area contributed by atoms with Crippen LogP contribution < -0.4 is 0 Å². The summed E-state index contributed by atoms with van der Waals surface area (Å²) in [5.74, 6) is -77.0. The normalized spacial score (nSPS) is 15.8. The lowest BCUT2D eigenvalue weighted by molar-refractivity contribution is -0.440. The number of rotatable bonds is 15. The van der Waals surface area contributed by atoms with E-state index in [1.807, 2.05) is 0 Å². The fourth-order valence-electron chi connectivity index (χ4n) is 3.96. The predicted molar refractivity (Wildman–Crippen MR) is 126 cm³/mol. The van der Waals surface area contributed by atoms with E-state index >= 15 is 0 Å². The molecule has 0 aliphatic heterocycles. The third-order valence-corrected chi connectivity index (χ3v) is 9.19. The maximum absolute atomic E-state index is 14.3. The van der Waals surface area contributed by atoms with E-state index in [9.17, 15) is 114 Å². The fourth-order valence-corrected chi connectivity index (χ4v) is 6.11. The van der Waals surface area contributed by atoms with Gasteiger partial charge >= 0.3 is 71.6 Å². The van der Waals surface area contributed by atoms with Gasteiger partial charge in [-0.15, -0.1) is 22.7 Å². The summed E-state index contributed by atoms with van der Waals surface area (Å²) in [6, 6.07) is 1.27. The molecule has 2 heterocycles. The Morgan fingerprint density at radius 1 is 0.327 bits per heavy atom. The summed E-state index contributed by atoms with van der Waals surface area (Å²) in [4.78, 5) is -1.19. The number of hydrogen-bond acceptors (Lipinski definition) is 2. The Labute approximate surface area is 278 Å². The molecule has 28 heteroatoms. The molecule has 0 saturated heterocycles. The second kappa shape index (κ2) is 13.1. The highest BCUT2D eigenvalue weighted by atomic mass is 32.1. The summed E-state index contributed by atoms with van der Waals surface area (Å²) >= 11 is 0.576. The number of thiophene rings is 2. The van der Waals surface area contributed by atoms with Gasteiger partial charge in [-0.25, -0.2) is 0 Å². The van der Waals surface area contributed by atoms with Crippen molar-refractivity contribution in [3.63, 3.8) is 0 Å². The SMILES string of the molecule is FC(F)(F)C(F)(F)C(F)(F)C(F)(F)C(F)(F)C(F)(F)CCc1ccsc1-c1sccc1CCC(F)(F)C(F)(F)C(F)(F)C(F)(F)C(F)(F)C(F)(F)F. The van der Waals surface area contributed by atoms with Crippen molar-refractivity contribution in [2.75, 3.05) is 0 Å². The van der Waals surface area contributed by atoms with E-state index in [0.29, 0.717) is 12.1 Å². The Balaban J connectivity index is 2.39. The molecule has 0 radical (unpaired) electrons. The highest BCUT2D eigenvalue weighted by Crippen LogP contribution is 2.62. The summed E-state index contributed by atoms with van der Waals surface area (Å²) in [5.41, 5.74) is -1.56. The van der Waals surface area contributed by atoms with Crippen LogP contribution in [-0.4, -0.2) is 71.6 Å². The van der Waals surface area contributed by atoms with E-state index in [-0.39, 0.29) is 22.7 Å². The van der Waals surface area contributed by atoms with Crippen molar-refractivity contribution < 1.29 is 114 Å². The first kappa shape index (κ1) is 45.7. The molecule has 302 valence electrons. The first-order valence-corrected chi connectivity index (χ1v) is 14.5. The minimum atomic E-state index is -8.19. The van der Waals surface area contributed by atoms with Gasteiger partial charge in [-0.05, 0) is 46.9 Å². The standard InChI is InChI=1S/C24H12F26S2/c25-13(26,15(29,30)17(33,34)19(37,38)21(41,42)23(45,46)47)5-1-9-3-7-51-11(9)12-10(4-8-52-12)2-6-14(27,28)16(31,32)18(35,36)20(39,40)22(43,44)24(48,49)50/h3-4,7-8H,1-2,5-6H2. The molecule has 2 aromatic rings. The fraction of sp³-hybridized carbons (Fsp3) is 0.667. The largest absolute Gasteiger partial charge is 0.460 e. The average molecular weight is 858 g/mol. The van der Waals surface area contributed by atoms with E-state index in [0.717, 1.165) is 10.8 Å². The van der Waals surface area contributed by atoms with Crippen molar-refractivity contribution in [1.82, 2.24) is 0 Å². The zero-order valence-corrected chi connectivity index (χ0v) is 25.4. The predicted octanol–water partition coefficient (Wildman–Crippen LogP) is 12.8. The van der Waals surface area contributed by atoms with Crippen LogP contribution in [0.25, 0.3) is 9.75 Å². The Morgan fingerprint density at radius 3 is 0.788 bits per heavy atom. The minimum absolute atomic E-state index is 0.288. The second-order valence-corrected chi connectivity index (χ2v) is 12.4. The molecule has 0 unspecified atom stereocenters. The average Bonchev–Trinajstić information content (AvgIpc) is 3.62.